The largest absolute Gasteiger partial charge is 0.489 e. The van der Waals surface area contributed by atoms with Crippen LogP contribution in [0.25, 0.3) is 0 Å². The van der Waals surface area contributed by atoms with Crippen LogP contribution in [0.2, 0.25) is 5.02 Å². The van der Waals surface area contributed by atoms with Gasteiger partial charge in [-0.3, -0.25) is 9.78 Å². The summed E-state index contributed by atoms with van der Waals surface area (Å²) in [5.74, 6) is 0.994. The summed E-state index contributed by atoms with van der Waals surface area (Å²) in [6.45, 7) is 2.12. The van der Waals surface area contributed by atoms with Gasteiger partial charge >= 0.3 is 0 Å². The van der Waals surface area contributed by atoms with E-state index in [1.165, 1.54) is 6.07 Å². The van der Waals surface area contributed by atoms with Crippen LogP contribution < -0.4 is 15.7 Å². The van der Waals surface area contributed by atoms with E-state index in [9.17, 15) is 4.79 Å². The molecule has 1 aromatic heterocycles. The van der Waals surface area contributed by atoms with Crippen molar-refractivity contribution >= 4 is 23.8 Å². The molecule has 26 heavy (non-hydrogen) atoms. The minimum absolute atomic E-state index is 0.231. The van der Waals surface area contributed by atoms with Crippen LogP contribution in [0, 0.1) is 6.92 Å². The van der Waals surface area contributed by atoms with Crippen molar-refractivity contribution in [1.29, 1.82) is 0 Å². The van der Waals surface area contributed by atoms with Gasteiger partial charge < -0.3 is 4.74 Å². The highest BCUT2D eigenvalue weighted by molar-refractivity contribution is 6.31. The summed E-state index contributed by atoms with van der Waals surface area (Å²) in [4.78, 5) is 18.1. The van der Waals surface area contributed by atoms with Gasteiger partial charge in [-0.2, -0.15) is 5.10 Å². The van der Waals surface area contributed by atoms with Crippen molar-refractivity contribution in [3.63, 3.8) is 0 Å². The number of aryl methyl sites for hydroxylation is 1. The van der Waals surface area contributed by atoms with Crippen molar-refractivity contribution in [3.8, 4) is 5.75 Å². The first kappa shape index (κ1) is 17.7. The number of hydrogen-bond donors (Lipinski definition) is 2. The van der Waals surface area contributed by atoms with E-state index in [2.05, 4.69) is 20.5 Å². The summed E-state index contributed by atoms with van der Waals surface area (Å²) in [6, 6.07) is 16.4. The number of ether oxygens (including phenoxy) is 1. The first-order valence-electron chi connectivity index (χ1n) is 7.93. The molecule has 0 fully saturated rings. The predicted molar refractivity (Wildman–Crippen MR) is 103 cm³/mol. The fourth-order valence-corrected chi connectivity index (χ4v) is 2.45. The second-order valence-electron chi connectivity index (χ2n) is 5.56. The Labute approximate surface area is 155 Å². The lowest BCUT2D eigenvalue weighted by Crippen LogP contribution is -2.10. The number of aromatic nitrogens is 2. The lowest BCUT2D eigenvalue weighted by atomic mass is 10.2. The standard InChI is InChI=1S/C19H17ClN4O2/c1-13-9-18(25)23-19(22-13)24-21-11-14-5-4-7-16(10-14)26-12-15-6-2-3-8-17(15)20/h2-11H,12H2,1H3,(H2,22,23,24,25)/b21-11+. The van der Waals surface area contributed by atoms with E-state index in [1.54, 1.807) is 13.1 Å². The van der Waals surface area contributed by atoms with Crippen molar-refractivity contribution in [1.82, 2.24) is 9.97 Å². The molecule has 1 heterocycles. The Bertz CT molecular complexity index is 985. The summed E-state index contributed by atoms with van der Waals surface area (Å²) in [5, 5.41) is 4.76. The van der Waals surface area contributed by atoms with Gasteiger partial charge in [0.2, 0.25) is 5.95 Å². The summed E-state index contributed by atoms with van der Waals surface area (Å²) in [6.07, 6.45) is 1.62. The van der Waals surface area contributed by atoms with Gasteiger partial charge in [0.1, 0.15) is 12.4 Å². The molecule has 132 valence electrons. The average Bonchev–Trinajstić information content (AvgIpc) is 2.61. The maximum absolute atomic E-state index is 11.4. The van der Waals surface area contributed by atoms with Gasteiger partial charge in [0, 0.05) is 22.3 Å². The Morgan fingerprint density at radius 2 is 2.08 bits per heavy atom. The number of aromatic amines is 1. The van der Waals surface area contributed by atoms with Crippen LogP contribution >= 0.6 is 11.6 Å². The number of benzene rings is 2. The van der Waals surface area contributed by atoms with Crippen LogP contribution in [-0.4, -0.2) is 16.2 Å². The number of rotatable bonds is 6. The molecule has 0 aliphatic carbocycles. The normalized spacial score (nSPS) is 10.8. The zero-order valence-electron chi connectivity index (χ0n) is 14.1. The van der Waals surface area contributed by atoms with Crippen LogP contribution in [0.5, 0.6) is 5.75 Å². The van der Waals surface area contributed by atoms with Crippen LogP contribution in [0.1, 0.15) is 16.8 Å². The Balaban J connectivity index is 1.63. The van der Waals surface area contributed by atoms with Crippen LogP contribution in [0.4, 0.5) is 5.95 Å². The molecule has 0 amide bonds. The smallest absolute Gasteiger partial charge is 0.252 e. The molecule has 0 atom stereocenters. The molecule has 3 aromatic rings. The van der Waals surface area contributed by atoms with Crippen LogP contribution in [0.15, 0.2) is 64.5 Å². The third kappa shape index (κ3) is 4.94. The number of hydrogen-bond acceptors (Lipinski definition) is 5. The van der Waals surface area contributed by atoms with Gasteiger partial charge in [-0.05, 0) is 30.7 Å². The van der Waals surface area contributed by atoms with Crippen LogP contribution in [0.3, 0.4) is 0 Å². The zero-order valence-corrected chi connectivity index (χ0v) is 14.8. The van der Waals surface area contributed by atoms with E-state index in [-0.39, 0.29) is 11.5 Å². The highest BCUT2D eigenvalue weighted by atomic mass is 35.5. The fraction of sp³-hybridized carbons (Fsp3) is 0.105. The maximum Gasteiger partial charge on any atom is 0.252 e. The molecule has 0 saturated heterocycles. The van der Waals surface area contributed by atoms with Gasteiger partial charge in [0.05, 0.1) is 6.21 Å². The molecular formula is C19H17ClN4O2. The monoisotopic (exact) mass is 368 g/mol. The molecule has 2 aromatic carbocycles. The molecule has 0 spiro atoms. The minimum atomic E-state index is -0.231. The maximum atomic E-state index is 11.4. The van der Waals surface area contributed by atoms with Crippen molar-refractivity contribution in [2.75, 3.05) is 5.43 Å². The second-order valence-corrected chi connectivity index (χ2v) is 5.97. The van der Waals surface area contributed by atoms with Crippen molar-refractivity contribution in [2.45, 2.75) is 13.5 Å². The molecule has 0 radical (unpaired) electrons. The molecular weight excluding hydrogens is 352 g/mol. The molecule has 2 N–H and O–H groups in total. The highest BCUT2D eigenvalue weighted by Crippen LogP contribution is 2.19. The molecule has 0 unspecified atom stereocenters. The summed E-state index contributed by atoms with van der Waals surface area (Å²) in [5.41, 5.74) is 4.84. The van der Waals surface area contributed by atoms with Gasteiger partial charge in [0.25, 0.3) is 5.56 Å². The van der Waals surface area contributed by atoms with Gasteiger partial charge in [-0.1, -0.05) is 41.9 Å². The Morgan fingerprint density at radius 3 is 2.88 bits per heavy atom. The Kier molecular flexibility index (Phi) is 5.66. The number of H-pyrrole nitrogens is 1. The molecule has 0 bridgehead atoms. The molecule has 0 aliphatic rings. The summed E-state index contributed by atoms with van der Waals surface area (Å²) in [7, 11) is 0. The Morgan fingerprint density at radius 1 is 1.23 bits per heavy atom. The average molecular weight is 369 g/mol. The summed E-state index contributed by atoms with van der Waals surface area (Å²) < 4.78 is 5.78. The van der Waals surface area contributed by atoms with E-state index >= 15 is 0 Å². The SMILES string of the molecule is Cc1cc(=O)[nH]c(N/N=C/c2cccc(OCc3ccccc3Cl)c2)n1. The number of nitrogens with zero attached hydrogens (tertiary/aromatic N) is 2. The third-order valence-corrected chi connectivity index (χ3v) is 3.83. The molecule has 6 nitrogen and oxygen atoms in total. The minimum Gasteiger partial charge on any atom is -0.489 e. The first-order valence-corrected chi connectivity index (χ1v) is 8.31. The van der Waals surface area contributed by atoms with E-state index in [0.717, 1.165) is 11.1 Å². The van der Waals surface area contributed by atoms with E-state index in [0.29, 0.717) is 23.1 Å². The van der Waals surface area contributed by atoms with E-state index in [1.807, 2.05) is 48.5 Å². The van der Waals surface area contributed by atoms with E-state index < -0.39 is 0 Å². The molecule has 3 rings (SSSR count). The quantitative estimate of drug-likeness (QED) is 0.513. The molecule has 0 saturated carbocycles. The van der Waals surface area contributed by atoms with Gasteiger partial charge in [-0.25, -0.2) is 10.4 Å². The van der Waals surface area contributed by atoms with Crippen molar-refractivity contribution < 1.29 is 4.74 Å². The molecule has 7 heteroatoms. The fourth-order valence-electron chi connectivity index (χ4n) is 2.26. The van der Waals surface area contributed by atoms with Crippen LogP contribution in [-0.2, 0) is 6.61 Å². The number of hydrazone groups is 1. The lowest BCUT2D eigenvalue weighted by Gasteiger charge is -2.08. The first-order chi connectivity index (χ1) is 12.6. The van der Waals surface area contributed by atoms with Gasteiger partial charge in [0.15, 0.2) is 0 Å². The molecule has 0 aliphatic heterocycles. The van der Waals surface area contributed by atoms with Crippen molar-refractivity contribution in [3.05, 3.63) is 86.8 Å². The topological polar surface area (TPSA) is 79.4 Å². The third-order valence-electron chi connectivity index (χ3n) is 3.46. The highest BCUT2D eigenvalue weighted by Gasteiger charge is 2.01. The summed E-state index contributed by atoms with van der Waals surface area (Å²) >= 11 is 6.13. The zero-order chi connectivity index (χ0) is 18.4. The predicted octanol–water partition coefficient (Wildman–Crippen LogP) is 3.76. The lowest BCUT2D eigenvalue weighted by molar-refractivity contribution is 0.306. The van der Waals surface area contributed by atoms with Gasteiger partial charge in [-0.15, -0.1) is 0 Å². The number of anilines is 1. The second kappa shape index (κ2) is 8.31. The number of nitrogens with one attached hydrogen (secondary N) is 2. The van der Waals surface area contributed by atoms with Crippen molar-refractivity contribution in [2.24, 2.45) is 5.10 Å². The Hall–Kier alpha value is -3.12. The van der Waals surface area contributed by atoms with E-state index in [4.69, 9.17) is 16.3 Å². The number of halogens is 1.